The molecule has 0 saturated carbocycles. The quantitative estimate of drug-likeness (QED) is 0.346. The summed E-state index contributed by atoms with van der Waals surface area (Å²) in [5, 5.41) is 6.46. The molecule has 0 spiro atoms. The fourth-order valence-electron chi connectivity index (χ4n) is 3.85. The Balaban J connectivity index is 1.49. The summed E-state index contributed by atoms with van der Waals surface area (Å²) in [6.45, 7) is 1.78. The maximum absolute atomic E-state index is 14.2. The van der Waals surface area contributed by atoms with E-state index in [0.717, 1.165) is 22.0 Å². The first-order valence-electron chi connectivity index (χ1n) is 11.1. The monoisotopic (exact) mass is 459 g/mol. The molecule has 6 nitrogen and oxygen atoms in total. The molecule has 34 heavy (non-hydrogen) atoms. The summed E-state index contributed by atoms with van der Waals surface area (Å²) >= 11 is 0. The van der Waals surface area contributed by atoms with Crippen LogP contribution in [-0.4, -0.2) is 23.0 Å². The number of carbonyl (C=O) groups is 2. The lowest BCUT2D eigenvalue weighted by Gasteiger charge is -2.22. The van der Waals surface area contributed by atoms with E-state index in [0.29, 0.717) is 5.56 Å². The van der Waals surface area contributed by atoms with Crippen molar-refractivity contribution in [2.24, 2.45) is 0 Å². The molecule has 2 atom stereocenters. The number of amides is 2. The van der Waals surface area contributed by atoms with E-state index in [9.17, 15) is 14.0 Å². The van der Waals surface area contributed by atoms with Gasteiger partial charge in [-0.15, -0.1) is 0 Å². The predicted octanol–water partition coefficient (Wildman–Crippen LogP) is 5.02. The van der Waals surface area contributed by atoms with E-state index in [1.165, 1.54) is 6.07 Å². The molecule has 3 N–H and O–H groups in total. The van der Waals surface area contributed by atoms with Gasteiger partial charge >= 0.3 is 6.09 Å². The zero-order chi connectivity index (χ0) is 23.9. The largest absolute Gasteiger partial charge is 0.445 e. The molecule has 1 aromatic heterocycles. The van der Waals surface area contributed by atoms with E-state index in [4.69, 9.17) is 4.74 Å². The van der Waals surface area contributed by atoms with Gasteiger partial charge in [-0.25, -0.2) is 9.18 Å². The first kappa shape index (κ1) is 23.0. The van der Waals surface area contributed by atoms with Crippen LogP contribution in [0.4, 0.5) is 9.18 Å². The minimum Gasteiger partial charge on any atom is -0.445 e. The highest BCUT2D eigenvalue weighted by atomic mass is 19.1. The molecule has 7 heteroatoms. The minimum absolute atomic E-state index is 0.0831. The second-order valence-corrected chi connectivity index (χ2v) is 8.07. The van der Waals surface area contributed by atoms with Crippen LogP contribution < -0.4 is 10.6 Å². The molecule has 0 aliphatic heterocycles. The number of fused-ring (bicyclic) bond motifs is 1. The zero-order valence-electron chi connectivity index (χ0n) is 18.8. The van der Waals surface area contributed by atoms with Crippen molar-refractivity contribution in [2.45, 2.75) is 32.0 Å². The molecule has 4 rings (SSSR count). The van der Waals surface area contributed by atoms with Crippen LogP contribution in [-0.2, 0) is 22.6 Å². The normalized spacial score (nSPS) is 12.6. The molecule has 0 bridgehead atoms. The summed E-state index contributed by atoms with van der Waals surface area (Å²) in [7, 11) is 0. The van der Waals surface area contributed by atoms with Crippen LogP contribution in [0.25, 0.3) is 10.9 Å². The fourth-order valence-corrected chi connectivity index (χ4v) is 3.85. The van der Waals surface area contributed by atoms with E-state index in [-0.39, 0.29) is 13.0 Å². The summed E-state index contributed by atoms with van der Waals surface area (Å²) in [6, 6.07) is 21.8. The highest BCUT2D eigenvalue weighted by molar-refractivity contribution is 5.88. The third-order valence-corrected chi connectivity index (χ3v) is 5.65. The van der Waals surface area contributed by atoms with Crippen molar-refractivity contribution >= 4 is 22.9 Å². The Labute approximate surface area is 197 Å². The molecule has 1 heterocycles. The van der Waals surface area contributed by atoms with Gasteiger partial charge in [-0.2, -0.15) is 0 Å². The van der Waals surface area contributed by atoms with Gasteiger partial charge in [-0.3, -0.25) is 4.79 Å². The molecule has 0 aliphatic rings. The first-order valence-corrected chi connectivity index (χ1v) is 11.1. The van der Waals surface area contributed by atoms with E-state index in [1.54, 1.807) is 25.1 Å². The number of carbonyl (C=O) groups excluding carboxylic acids is 2. The van der Waals surface area contributed by atoms with Gasteiger partial charge in [0.2, 0.25) is 5.91 Å². The minimum atomic E-state index is -0.920. The number of hydrogen-bond donors (Lipinski definition) is 3. The number of rotatable bonds is 8. The van der Waals surface area contributed by atoms with Crippen LogP contribution in [0.1, 0.15) is 29.7 Å². The maximum Gasteiger partial charge on any atom is 0.408 e. The van der Waals surface area contributed by atoms with E-state index < -0.39 is 29.9 Å². The topological polar surface area (TPSA) is 83.2 Å². The van der Waals surface area contributed by atoms with Gasteiger partial charge in [0, 0.05) is 29.1 Å². The van der Waals surface area contributed by atoms with Crippen LogP contribution in [0.15, 0.2) is 85.1 Å². The fraction of sp³-hybridized carbons (Fsp3) is 0.185. The number of aromatic nitrogens is 1. The third kappa shape index (κ3) is 5.61. The number of alkyl carbamates (subject to hydrolysis) is 1. The summed E-state index contributed by atoms with van der Waals surface area (Å²) < 4.78 is 19.5. The Hall–Kier alpha value is -4.13. The lowest BCUT2D eigenvalue weighted by molar-refractivity contribution is -0.123. The number of H-pyrrole nitrogens is 1. The number of halogens is 1. The Morgan fingerprint density at radius 2 is 1.65 bits per heavy atom. The first-order chi connectivity index (χ1) is 16.5. The van der Waals surface area contributed by atoms with Crippen LogP contribution in [0, 0.1) is 5.82 Å². The van der Waals surface area contributed by atoms with Crippen molar-refractivity contribution in [1.29, 1.82) is 0 Å². The summed E-state index contributed by atoms with van der Waals surface area (Å²) in [6.07, 6.45) is 1.35. The van der Waals surface area contributed by atoms with E-state index in [1.807, 2.05) is 60.8 Å². The summed E-state index contributed by atoms with van der Waals surface area (Å²) in [5.74, 6) is -0.837. The lowest BCUT2D eigenvalue weighted by Crippen LogP contribution is -2.48. The van der Waals surface area contributed by atoms with Crippen molar-refractivity contribution in [2.75, 3.05) is 0 Å². The average Bonchev–Trinajstić information content (AvgIpc) is 3.26. The van der Waals surface area contributed by atoms with Gasteiger partial charge in [0.25, 0.3) is 0 Å². The highest BCUT2D eigenvalue weighted by Crippen LogP contribution is 2.20. The second kappa shape index (κ2) is 10.7. The van der Waals surface area contributed by atoms with Crippen LogP contribution >= 0.6 is 0 Å². The van der Waals surface area contributed by atoms with Crippen LogP contribution in [0.5, 0.6) is 0 Å². The van der Waals surface area contributed by atoms with Crippen molar-refractivity contribution in [3.05, 3.63) is 108 Å². The Morgan fingerprint density at radius 3 is 2.44 bits per heavy atom. The molecule has 4 aromatic rings. The summed E-state index contributed by atoms with van der Waals surface area (Å²) in [4.78, 5) is 28.9. The Morgan fingerprint density at radius 1 is 0.941 bits per heavy atom. The Kier molecular flexibility index (Phi) is 7.22. The average molecular weight is 460 g/mol. The molecule has 1 unspecified atom stereocenters. The van der Waals surface area contributed by atoms with Gasteiger partial charge in [0.1, 0.15) is 18.5 Å². The maximum atomic E-state index is 14.2. The van der Waals surface area contributed by atoms with Crippen molar-refractivity contribution in [3.8, 4) is 0 Å². The molecule has 0 saturated heterocycles. The number of aromatic amines is 1. The Bertz CT molecular complexity index is 1270. The van der Waals surface area contributed by atoms with Gasteiger partial charge in [0.15, 0.2) is 0 Å². The van der Waals surface area contributed by atoms with Crippen LogP contribution in [0.3, 0.4) is 0 Å². The van der Waals surface area contributed by atoms with Crippen molar-refractivity contribution in [3.63, 3.8) is 0 Å². The van der Waals surface area contributed by atoms with Gasteiger partial charge in [-0.1, -0.05) is 66.7 Å². The van der Waals surface area contributed by atoms with Gasteiger partial charge in [0.05, 0.1) is 6.04 Å². The molecular weight excluding hydrogens is 433 g/mol. The van der Waals surface area contributed by atoms with E-state index in [2.05, 4.69) is 15.6 Å². The lowest BCUT2D eigenvalue weighted by atomic mass is 10.0. The van der Waals surface area contributed by atoms with E-state index >= 15 is 0 Å². The third-order valence-electron chi connectivity index (χ3n) is 5.65. The van der Waals surface area contributed by atoms with Crippen molar-refractivity contribution in [1.82, 2.24) is 15.6 Å². The van der Waals surface area contributed by atoms with Gasteiger partial charge < -0.3 is 20.4 Å². The van der Waals surface area contributed by atoms with Crippen molar-refractivity contribution < 1.29 is 18.7 Å². The SMILES string of the molecule is CC(NC(=O)[C@H](Cc1c[nH]c2ccccc12)NC(=O)OCc1ccccc1)c1ccccc1F. The standard InChI is InChI=1S/C27H26FN3O3/c1-18(21-11-5-7-13-23(21)28)30-26(32)25(15-20-16-29-24-14-8-6-12-22(20)24)31-27(33)34-17-19-9-3-2-4-10-19/h2-14,16,18,25,29H,15,17H2,1H3,(H,30,32)(H,31,33)/t18?,25-/m0/s1. The number of hydrogen-bond acceptors (Lipinski definition) is 3. The molecule has 3 aromatic carbocycles. The molecule has 2 amide bonds. The van der Waals surface area contributed by atoms with Crippen LogP contribution in [0.2, 0.25) is 0 Å². The molecule has 0 radical (unpaired) electrons. The smallest absolute Gasteiger partial charge is 0.408 e. The molecular formula is C27H26FN3O3. The molecule has 0 aliphatic carbocycles. The molecule has 0 fully saturated rings. The number of nitrogens with one attached hydrogen (secondary N) is 3. The highest BCUT2D eigenvalue weighted by Gasteiger charge is 2.25. The second-order valence-electron chi connectivity index (χ2n) is 8.07. The predicted molar refractivity (Wildman–Crippen MR) is 129 cm³/mol. The zero-order valence-corrected chi connectivity index (χ0v) is 18.8. The summed E-state index contributed by atoms with van der Waals surface area (Å²) in [5.41, 5.74) is 3.01. The number of benzene rings is 3. The number of para-hydroxylation sites is 1. The number of ether oxygens (including phenoxy) is 1. The molecule has 174 valence electrons. The van der Waals surface area contributed by atoms with Gasteiger partial charge in [-0.05, 0) is 30.2 Å².